The van der Waals surface area contributed by atoms with Crippen LogP contribution in [0.1, 0.15) is 18.3 Å². The van der Waals surface area contributed by atoms with Gasteiger partial charge in [0, 0.05) is 18.0 Å². The first-order valence-electron chi connectivity index (χ1n) is 8.71. The Bertz CT molecular complexity index is 938. The van der Waals surface area contributed by atoms with Crippen molar-refractivity contribution in [2.45, 2.75) is 24.3 Å². The molecule has 3 aromatic rings. The van der Waals surface area contributed by atoms with Crippen molar-refractivity contribution in [3.05, 3.63) is 60.2 Å². The first kappa shape index (κ1) is 17.1. The molecule has 1 aliphatic heterocycles. The summed E-state index contributed by atoms with van der Waals surface area (Å²) in [5.41, 5.74) is 2.13. The Hall–Kier alpha value is -2.34. The molecule has 0 spiro atoms. The maximum atomic E-state index is 13.0. The number of benzene rings is 2. The zero-order valence-electron chi connectivity index (χ0n) is 14.6. The molecule has 1 aromatic heterocycles. The number of imidazole rings is 1. The van der Waals surface area contributed by atoms with Crippen molar-refractivity contribution in [2.75, 3.05) is 18.8 Å². The van der Waals surface area contributed by atoms with E-state index >= 15 is 0 Å². The lowest BCUT2D eigenvalue weighted by Gasteiger charge is -2.18. The van der Waals surface area contributed by atoms with Crippen molar-refractivity contribution in [3.63, 3.8) is 0 Å². The van der Waals surface area contributed by atoms with E-state index in [0.717, 1.165) is 34.7 Å². The zero-order chi connectivity index (χ0) is 18.1. The second-order valence-electron chi connectivity index (χ2n) is 6.54. The van der Waals surface area contributed by atoms with Gasteiger partial charge in [-0.1, -0.05) is 12.1 Å². The Morgan fingerprint density at radius 1 is 1.23 bits per heavy atom. The SMILES string of the molecule is Cc1nc2ccccc2n1[C@@H]1CCN(C(=O)CSc2ccc(F)cc2)C1. The molecule has 0 radical (unpaired) electrons. The summed E-state index contributed by atoms with van der Waals surface area (Å²) in [6.45, 7) is 3.50. The highest BCUT2D eigenvalue weighted by molar-refractivity contribution is 8.00. The molecular formula is C20H20FN3OS. The van der Waals surface area contributed by atoms with Crippen LogP contribution >= 0.6 is 11.8 Å². The van der Waals surface area contributed by atoms with Crippen LogP contribution in [-0.4, -0.2) is 39.2 Å². The van der Waals surface area contributed by atoms with Crippen LogP contribution < -0.4 is 0 Å². The highest BCUT2D eigenvalue weighted by Crippen LogP contribution is 2.29. The molecule has 1 amide bonds. The third-order valence-corrected chi connectivity index (χ3v) is 5.83. The van der Waals surface area contributed by atoms with Gasteiger partial charge < -0.3 is 9.47 Å². The fourth-order valence-corrected chi connectivity index (χ4v) is 4.37. The molecule has 2 heterocycles. The maximum Gasteiger partial charge on any atom is 0.233 e. The number of thioether (sulfide) groups is 1. The third-order valence-electron chi connectivity index (χ3n) is 4.83. The molecule has 0 aliphatic carbocycles. The van der Waals surface area contributed by atoms with Crippen molar-refractivity contribution < 1.29 is 9.18 Å². The molecule has 0 unspecified atom stereocenters. The van der Waals surface area contributed by atoms with Gasteiger partial charge in [0.1, 0.15) is 11.6 Å². The molecule has 4 rings (SSSR count). The van der Waals surface area contributed by atoms with Gasteiger partial charge in [-0.2, -0.15) is 0 Å². The Kier molecular flexibility index (Phi) is 4.68. The lowest BCUT2D eigenvalue weighted by molar-refractivity contribution is -0.127. The normalized spacial score (nSPS) is 17.2. The van der Waals surface area contributed by atoms with E-state index in [9.17, 15) is 9.18 Å². The van der Waals surface area contributed by atoms with E-state index in [1.165, 1.54) is 23.9 Å². The van der Waals surface area contributed by atoms with Gasteiger partial charge in [-0.3, -0.25) is 4.79 Å². The highest BCUT2D eigenvalue weighted by Gasteiger charge is 2.29. The van der Waals surface area contributed by atoms with Crippen LogP contribution in [0.2, 0.25) is 0 Å². The molecule has 6 heteroatoms. The molecular weight excluding hydrogens is 349 g/mol. The molecule has 26 heavy (non-hydrogen) atoms. The quantitative estimate of drug-likeness (QED) is 0.651. The number of carbonyl (C=O) groups excluding carboxylic acids is 1. The number of halogens is 1. The topological polar surface area (TPSA) is 38.1 Å². The monoisotopic (exact) mass is 369 g/mol. The highest BCUT2D eigenvalue weighted by atomic mass is 32.2. The minimum absolute atomic E-state index is 0.129. The summed E-state index contributed by atoms with van der Waals surface area (Å²) in [5, 5.41) is 0. The van der Waals surface area contributed by atoms with Crippen LogP contribution in [0.25, 0.3) is 11.0 Å². The lowest BCUT2D eigenvalue weighted by Crippen LogP contribution is -2.30. The smallest absolute Gasteiger partial charge is 0.233 e. The van der Waals surface area contributed by atoms with E-state index in [1.54, 1.807) is 12.1 Å². The maximum absolute atomic E-state index is 13.0. The number of rotatable bonds is 4. The summed E-state index contributed by atoms with van der Waals surface area (Å²) in [6, 6.07) is 14.7. The number of carbonyl (C=O) groups is 1. The Labute approximate surface area is 156 Å². The van der Waals surface area contributed by atoms with E-state index in [4.69, 9.17) is 0 Å². The van der Waals surface area contributed by atoms with Crippen LogP contribution in [-0.2, 0) is 4.79 Å². The van der Waals surface area contributed by atoms with Crippen molar-refractivity contribution >= 4 is 28.7 Å². The summed E-state index contributed by atoms with van der Waals surface area (Å²) < 4.78 is 15.2. The summed E-state index contributed by atoms with van der Waals surface area (Å²) in [5.74, 6) is 1.24. The average Bonchev–Trinajstić information content (AvgIpc) is 3.24. The summed E-state index contributed by atoms with van der Waals surface area (Å²) >= 11 is 1.45. The van der Waals surface area contributed by atoms with Gasteiger partial charge in [0.15, 0.2) is 0 Å². The predicted octanol–water partition coefficient (Wildman–Crippen LogP) is 4.05. The molecule has 4 nitrogen and oxygen atoms in total. The zero-order valence-corrected chi connectivity index (χ0v) is 15.4. The lowest BCUT2D eigenvalue weighted by atomic mass is 10.2. The molecule has 0 bridgehead atoms. The van der Waals surface area contributed by atoms with Gasteiger partial charge in [0.05, 0.1) is 22.8 Å². The largest absolute Gasteiger partial charge is 0.340 e. The number of likely N-dealkylation sites (tertiary alicyclic amines) is 1. The van der Waals surface area contributed by atoms with E-state index in [2.05, 4.69) is 15.6 Å². The van der Waals surface area contributed by atoms with Gasteiger partial charge in [0.25, 0.3) is 0 Å². The Morgan fingerprint density at radius 3 is 2.81 bits per heavy atom. The van der Waals surface area contributed by atoms with Crippen molar-refractivity contribution in [1.82, 2.24) is 14.5 Å². The van der Waals surface area contributed by atoms with Crippen molar-refractivity contribution in [2.24, 2.45) is 0 Å². The number of para-hydroxylation sites is 2. The standard InChI is InChI=1S/C20H20FN3OS/c1-14-22-18-4-2-3-5-19(18)24(14)16-10-11-23(12-16)20(25)13-26-17-8-6-15(21)7-9-17/h2-9,16H,10-13H2,1H3/t16-/m1/s1. The predicted molar refractivity (Wildman–Crippen MR) is 102 cm³/mol. The van der Waals surface area contributed by atoms with Gasteiger partial charge in [0.2, 0.25) is 5.91 Å². The Balaban J connectivity index is 1.42. The second-order valence-corrected chi connectivity index (χ2v) is 7.59. The number of fused-ring (bicyclic) bond motifs is 1. The van der Waals surface area contributed by atoms with Gasteiger partial charge in [-0.25, -0.2) is 9.37 Å². The van der Waals surface area contributed by atoms with Crippen molar-refractivity contribution in [3.8, 4) is 0 Å². The summed E-state index contributed by atoms with van der Waals surface area (Å²) in [6.07, 6.45) is 0.939. The molecule has 0 saturated carbocycles. The number of amides is 1. The average molecular weight is 369 g/mol. The first-order valence-corrected chi connectivity index (χ1v) is 9.70. The second kappa shape index (κ2) is 7.11. The Morgan fingerprint density at radius 2 is 2.00 bits per heavy atom. The summed E-state index contributed by atoms with van der Waals surface area (Å²) in [4.78, 5) is 20.0. The molecule has 134 valence electrons. The first-order chi connectivity index (χ1) is 12.6. The third kappa shape index (κ3) is 3.33. The van der Waals surface area contributed by atoms with E-state index < -0.39 is 0 Å². The molecule has 2 aromatic carbocycles. The number of aryl methyl sites for hydroxylation is 1. The fourth-order valence-electron chi connectivity index (χ4n) is 3.57. The number of nitrogens with zero attached hydrogens (tertiary/aromatic N) is 3. The molecule has 1 saturated heterocycles. The fraction of sp³-hybridized carbons (Fsp3) is 0.300. The van der Waals surface area contributed by atoms with Crippen LogP contribution in [0.5, 0.6) is 0 Å². The molecule has 1 aliphatic rings. The van der Waals surface area contributed by atoms with Gasteiger partial charge in [-0.15, -0.1) is 11.8 Å². The molecule has 1 fully saturated rings. The minimum Gasteiger partial charge on any atom is -0.340 e. The number of aromatic nitrogens is 2. The van der Waals surface area contributed by atoms with Crippen molar-refractivity contribution in [1.29, 1.82) is 0 Å². The van der Waals surface area contributed by atoms with Crippen LogP contribution in [0.4, 0.5) is 4.39 Å². The van der Waals surface area contributed by atoms with Gasteiger partial charge >= 0.3 is 0 Å². The molecule has 0 N–H and O–H groups in total. The van der Waals surface area contributed by atoms with Crippen LogP contribution in [0, 0.1) is 12.7 Å². The van der Waals surface area contributed by atoms with E-state index in [1.807, 2.05) is 30.0 Å². The van der Waals surface area contributed by atoms with E-state index in [0.29, 0.717) is 12.3 Å². The van der Waals surface area contributed by atoms with E-state index in [-0.39, 0.29) is 17.8 Å². The van der Waals surface area contributed by atoms with Crippen LogP contribution in [0.3, 0.4) is 0 Å². The summed E-state index contributed by atoms with van der Waals surface area (Å²) in [7, 11) is 0. The van der Waals surface area contributed by atoms with Gasteiger partial charge in [-0.05, 0) is 49.7 Å². The minimum atomic E-state index is -0.258. The molecule has 1 atom stereocenters. The van der Waals surface area contributed by atoms with Crippen LogP contribution in [0.15, 0.2) is 53.4 Å². The number of hydrogen-bond donors (Lipinski definition) is 0. The number of hydrogen-bond acceptors (Lipinski definition) is 3.